The minimum atomic E-state index is 0.801. The molecule has 2 aliphatic heterocycles. The van der Waals surface area contributed by atoms with Crippen LogP contribution in [0.5, 0.6) is 0 Å². The Morgan fingerprint density at radius 3 is 2.24 bits per heavy atom. The molecule has 0 radical (unpaired) electrons. The number of aryl methyl sites for hydroxylation is 3. The molecule has 0 aliphatic carbocycles. The van der Waals surface area contributed by atoms with Crippen molar-refractivity contribution in [2.24, 2.45) is 0 Å². The van der Waals surface area contributed by atoms with Crippen molar-refractivity contribution in [1.82, 2.24) is 29.2 Å². The normalized spacial score (nSPS) is 18.4. The summed E-state index contributed by atoms with van der Waals surface area (Å²) in [5, 5.41) is 0. The van der Waals surface area contributed by atoms with Gasteiger partial charge in [0.05, 0.1) is 19.8 Å². The highest BCUT2D eigenvalue weighted by molar-refractivity contribution is 5.76. The predicted molar refractivity (Wildman–Crippen MR) is 151 cm³/mol. The number of hydrogen-bond donors (Lipinski definition) is 0. The highest BCUT2D eigenvalue weighted by Crippen LogP contribution is 2.21. The second-order valence-corrected chi connectivity index (χ2v) is 10.5. The number of imidazole rings is 1. The molecule has 2 aromatic heterocycles. The molecule has 3 aromatic rings. The van der Waals surface area contributed by atoms with Crippen LogP contribution in [0.2, 0.25) is 0 Å². The van der Waals surface area contributed by atoms with Crippen LogP contribution in [0.15, 0.2) is 36.4 Å². The summed E-state index contributed by atoms with van der Waals surface area (Å²) in [7, 11) is 0. The average molecular weight is 503 g/mol. The third-order valence-electron chi connectivity index (χ3n) is 7.71. The minimum Gasteiger partial charge on any atom is -0.379 e. The molecule has 4 heterocycles. The van der Waals surface area contributed by atoms with Gasteiger partial charge in [0.2, 0.25) is 0 Å². The second kappa shape index (κ2) is 12.3. The number of benzene rings is 1. The second-order valence-electron chi connectivity index (χ2n) is 10.5. The van der Waals surface area contributed by atoms with E-state index in [0.717, 1.165) is 81.6 Å². The van der Waals surface area contributed by atoms with Crippen molar-refractivity contribution in [3.8, 4) is 0 Å². The fourth-order valence-electron chi connectivity index (χ4n) is 5.44. The third kappa shape index (κ3) is 6.65. The predicted octanol–water partition coefficient (Wildman–Crippen LogP) is 3.62. The molecular weight excluding hydrogens is 460 g/mol. The molecule has 2 saturated heterocycles. The number of morpholine rings is 1. The van der Waals surface area contributed by atoms with Crippen molar-refractivity contribution in [3.05, 3.63) is 64.6 Å². The topological polar surface area (TPSA) is 49.7 Å². The Labute approximate surface area is 221 Å². The highest BCUT2D eigenvalue weighted by Gasteiger charge is 2.18. The van der Waals surface area contributed by atoms with Crippen LogP contribution >= 0.6 is 0 Å². The van der Waals surface area contributed by atoms with E-state index in [1.54, 1.807) is 0 Å². The summed E-state index contributed by atoms with van der Waals surface area (Å²) in [6.45, 7) is 19.1. The van der Waals surface area contributed by atoms with Crippen LogP contribution in [0, 0.1) is 13.8 Å². The lowest BCUT2D eigenvalue weighted by atomic mass is 10.1. The Kier molecular flexibility index (Phi) is 8.66. The minimum absolute atomic E-state index is 0.801. The number of nitrogens with zero attached hydrogens (tertiary/aromatic N) is 6. The molecule has 1 aromatic carbocycles. The van der Waals surface area contributed by atoms with Crippen LogP contribution in [0.25, 0.3) is 17.2 Å². The van der Waals surface area contributed by atoms with Crippen LogP contribution in [0.4, 0.5) is 0 Å². The molecule has 0 spiro atoms. The van der Waals surface area contributed by atoms with E-state index in [1.807, 2.05) is 0 Å². The molecule has 0 amide bonds. The van der Waals surface area contributed by atoms with E-state index in [1.165, 1.54) is 42.9 Å². The lowest BCUT2D eigenvalue weighted by molar-refractivity contribution is 0.0303. The average Bonchev–Trinajstić information content (AvgIpc) is 3.27. The lowest BCUT2D eigenvalue weighted by Crippen LogP contribution is -2.49. The monoisotopic (exact) mass is 502 g/mol. The quantitative estimate of drug-likeness (QED) is 0.446. The molecule has 0 saturated carbocycles. The first-order chi connectivity index (χ1) is 18.1. The zero-order valence-corrected chi connectivity index (χ0v) is 22.8. The number of piperazine rings is 1. The summed E-state index contributed by atoms with van der Waals surface area (Å²) >= 11 is 0. The van der Waals surface area contributed by atoms with Crippen LogP contribution in [0.3, 0.4) is 0 Å². The summed E-state index contributed by atoms with van der Waals surface area (Å²) in [6, 6.07) is 11.0. The van der Waals surface area contributed by atoms with Crippen molar-refractivity contribution in [2.45, 2.75) is 33.7 Å². The number of rotatable bonds is 9. The van der Waals surface area contributed by atoms with Gasteiger partial charge in [0.15, 0.2) is 5.65 Å². The van der Waals surface area contributed by atoms with Crippen LogP contribution in [-0.2, 0) is 17.7 Å². The summed E-state index contributed by atoms with van der Waals surface area (Å²) in [5.41, 5.74) is 6.80. The van der Waals surface area contributed by atoms with Gasteiger partial charge in [-0.25, -0.2) is 9.97 Å². The van der Waals surface area contributed by atoms with Gasteiger partial charge in [-0.3, -0.25) is 14.7 Å². The molecule has 5 rings (SSSR count). The molecule has 2 aliphatic rings. The van der Waals surface area contributed by atoms with E-state index < -0.39 is 0 Å². The van der Waals surface area contributed by atoms with Crippen LogP contribution < -0.4 is 0 Å². The number of aromatic nitrogens is 3. The molecule has 0 bridgehead atoms. The van der Waals surface area contributed by atoms with E-state index in [2.05, 4.69) is 82.5 Å². The third-order valence-corrected chi connectivity index (χ3v) is 7.71. The van der Waals surface area contributed by atoms with Gasteiger partial charge in [-0.15, -0.1) is 0 Å². The van der Waals surface area contributed by atoms with Gasteiger partial charge in [-0.2, -0.15) is 0 Å². The molecule has 198 valence electrons. The molecule has 7 heteroatoms. The Morgan fingerprint density at radius 1 is 0.865 bits per heavy atom. The zero-order chi connectivity index (χ0) is 25.6. The summed E-state index contributed by atoms with van der Waals surface area (Å²) < 4.78 is 7.74. The van der Waals surface area contributed by atoms with Crippen molar-refractivity contribution < 1.29 is 4.74 Å². The number of pyridine rings is 1. The number of hydrogen-bond acceptors (Lipinski definition) is 6. The standard InChI is InChI=1S/C30H42N6O/c1-4-28-32-29-24(2)22-25(3)31-30(29)36(28)23-27-9-7-26(8-10-27)6-5-11-33-12-14-34(15-13-33)16-17-35-18-20-37-21-19-35/h5-10,22H,4,11-21,23H2,1-3H3. The maximum Gasteiger partial charge on any atom is 0.160 e. The molecule has 37 heavy (non-hydrogen) atoms. The Morgan fingerprint density at radius 2 is 1.54 bits per heavy atom. The molecule has 2 fully saturated rings. The fraction of sp³-hybridized carbons (Fsp3) is 0.533. The van der Waals surface area contributed by atoms with Gasteiger partial charge >= 0.3 is 0 Å². The highest BCUT2D eigenvalue weighted by atomic mass is 16.5. The van der Waals surface area contributed by atoms with Crippen molar-refractivity contribution in [1.29, 1.82) is 0 Å². The molecule has 7 nitrogen and oxygen atoms in total. The van der Waals surface area contributed by atoms with Crippen molar-refractivity contribution in [2.75, 3.05) is 72.1 Å². The maximum absolute atomic E-state index is 5.46. The van der Waals surface area contributed by atoms with E-state index in [-0.39, 0.29) is 0 Å². The Hall–Kier alpha value is -2.58. The van der Waals surface area contributed by atoms with Gasteiger partial charge < -0.3 is 9.30 Å². The first-order valence-corrected chi connectivity index (χ1v) is 13.9. The molecule has 0 atom stereocenters. The first-order valence-electron chi connectivity index (χ1n) is 13.9. The SMILES string of the molecule is CCc1nc2c(C)cc(C)nc2n1Cc1ccc(C=CCN2CCN(CCN3CCOCC3)CC2)cc1. The summed E-state index contributed by atoms with van der Waals surface area (Å²) in [6.07, 6.45) is 5.47. The van der Waals surface area contributed by atoms with E-state index >= 15 is 0 Å². The number of fused-ring (bicyclic) bond motifs is 1. The summed E-state index contributed by atoms with van der Waals surface area (Å²) in [4.78, 5) is 17.4. The maximum atomic E-state index is 5.46. The molecule has 0 N–H and O–H groups in total. The van der Waals surface area contributed by atoms with Gasteiger partial charge in [0.25, 0.3) is 0 Å². The molecular formula is C30H42N6O. The van der Waals surface area contributed by atoms with E-state index in [9.17, 15) is 0 Å². The Balaban J connectivity index is 1.10. The largest absolute Gasteiger partial charge is 0.379 e. The van der Waals surface area contributed by atoms with Gasteiger partial charge in [-0.1, -0.05) is 43.3 Å². The van der Waals surface area contributed by atoms with E-state index in [4.69, 9.17) is 14.7 Å². The van der Waals surface area contributed by atoms with Crippen LogP contribution in [0.1, 0.15) is 35.1 Å². The van der Waals surface area contributed by atoms with Crippen LogP contribution in [-0.4, -0.2) is 101 Å². The molecule has 0 unspecified atom stereocenters. The van der Waals surface area contributed by atoms with Crippen molar-refractivity contribution in [3.63, 3.8) is 0 Å². The first kappa shape index (κ1) is 26.0. The van der Waals surface area contributed by atoms with E-state index in [0.29, 0.717) is 0 Å². The summed E-state index contributed by atoms with van der Waals surface area (Å²) in [5.74, 6) is 1.10. The van der Waals surface area contributed by atoms with Crippen molar-refractivity contribution >= 4 is 17.2 Å². The number of ether oxygens (including phenoxy) is 1. The van der Waals surface area contributed by atoms with Gasteiger partial charge in [0.1, 0.15) is 11.3 Å². The smallest absolute Gasteiger partial charge is 0.160 e. The Bertz CT molecular complexity index is 1190. The zero-order valence-electron chi connectivity index (χ0n) is 22.8. The van der Waals surface area contributed by atoms with Gasteiger partial charge in [-0.05, 0) is 36.6 Å². The lowest BCUT2D eigenvalue weighted by Gasteiger charge is -2.36. The fourth-order valence-corrected chi connectivity index (χ4v) is 5.44. The van der Waals surface area contributed by atoms with Gasteiger partial charge in [0, 0.05) is 71.0 Å².